The zero-order valence-corrected chi connectivity index (χ0v) is 11.1. The maximum absolute atomic E-state index is 11.1. The van der Waals surface area contributed by atoms with Gasteiger partial charge in [0.1, 0.15) is 11.4 Å². The van der Waals surface area contributed by atoms with Gasteiger partial charge in [0.25, 0.3) is 0 Å². The topological polar surface area (TPSA) is 65.5 Å². The van der Waals surface area contributed by atoms with Gasteiger partial charge in [0.05, 0.1) is 19.4 Å². The summed E-state index contributed by atoms with van der Waals surface area (Å²) in [6.45, 7) is 2.81. The predicted octanol–water partition coefficient (Wildman–Crippen LogP) is 2.40. The SMILES string of the molecule is CCOC(=O)CCCCCOc1ccc(C=O)nc1. The number of carbonyl (C=O) groups excluding carboxylic acids is 2. The minimum Gasteiger partial charge on any atom is -0.492 e. The van der Waals surface area contributed by atoms with Gasteiger partial charge in [-0.3, -0.25) is 9.59 Å². The second-order valence-corrected chi connectivity index (χ2v) is 4.00. The van der Waals surface area contributed by atoms with Crippen LogP contribution < -0.4 is 4.74 Å². The second kappa shape index (κ2) is 9.08. The number of rotatable bonds is 9. The highest BCUT2D eigenvalue weighted by atomic mass is 16.5. The fraction of sp³-hybridized carbons (Fsp3) is 0.500. The summed E-state index contributed by atoms with van der Waals surface area (Å²) in [7, 11) is 0. The molecule has 0 saturated carbocycles. The van der Waals surface area contributed by atoms with Crippen molar-refractivity contribution in [3.8, 4) is 5.75 Å². The van der Waals surface area contributed by atoms with Gasteiger partial charge < -0.3 is 9.47 Å². The number of carbonyl (C=O) groups is 2. The molecule has 0 atom stereocenters. The zero-order valence-electron chi connectivity index (χ0n) is 11.1. The summed E-state index contributed by atoms with van der Waals surface area (Å²) < 4.78 is 10.3. The molecule has 0 aliphatic carbocycles. The quantitative estimate of drug-likeness (QED) is 0.389. The summed E-state index contributed by atoms with van der Waals surface area (Å²) in [5.41, 5.74) is 0.391. The molecule has 0 spiro atoms. The summed E-state index contributed by atoms with van der Waals surface area (Å²) in [5.74, 6) is 0.507. The van der Waals surface area contributed by atoms with Crippen LogP contribution in [0.5, 0.6) is 5.75 Å². The molecule has 5 heteroatoms. The van der Waals surface area contributed by atoms with Crippen molar-refractivity contribution in [3.05, 3.63) is 24.0 Å². The normalized spacial score (nSPS) is 9.95. The van der Waals surface area contributed by atoms with Gasteiger partial charge in [0.15, 0.2) is 6.29 Å². The van der Waals surface area contributed by atoms with Crippen molar-refractivity contribution in [2.45, 2.75) is 32.6 Å². The number of aldehydes is 1. The first-order chi connectivity index (χ1) is 9.26. The molecule has 0 bridgehead atoms. The van der Waals surface area contributed by atoms with Gasteiger partial charge in [-0.05, 0) is 38.3 Å². The van der Waals surface area contributed by atoms with Crippen molar-refractivity contribution in [3.63, 3.8) is 0 Å². The highest BCUT2D eigenvalue weighted by Gasteiger charge is 2.01. The van der Waals surface area contributed by atoms with E-state index in [4.69, 9.17) is 9.47 Å². The fourth-order valence-corrected chi connectivity index (χ4v) is 1.52. The molecule has 19 heavy (non-hydrogen) atoms. The molecule has 0 fully saturated rings. The third-order valence-corrected chi connectivity index (χ3v) is 2.48. The molecule has 0 aliphatic heterocycles. The largest absolute Gasteiger partial charge is 0.492 e. The van der Waals surface area contributed by atoms with Crippen molar-refractivity contribution >= 4 is 12.3 Å². The van der Waals surface area contributed by atoms with Crippen molar-refractivity contribution < 1.29 is 19.1 Å². The Morgan fingerprint density at radius 2 is 2.16 bits per heavy atom. The van der Waals surface area contributed by atoms with Gasteiger partial charge in [-0.2, -0.15) is 0 Å². The van der Waals surface area contributed by atoms with Gasteiger partial charge in [-0.1, -0.05) is 0 Å². The fourth-order valence-electron chi connectivity index (χ4n) is 1.52. The Bertz CT molecular complexity index is 389. The van der Waals surface area contributed by atoms with Crippen LogP contribution >= 0.6 is 0 Å². The molecule has 0 saturated heterocycles. The molecule has 1 aromatic rings. The zero-order chi connectivity index (χ0) is 13.9. The molecule has 104 valence electrons. The first-order valence-electron chi connectivity index (χ1n) is 6.46. The number of hydrogen-bond donors (Lipinski definition) is 0. The lowest BCUT2D eigenvalue weighted by molar-refractivity contribution is -0.143. The molecule has 0 unspecified atom stereocenters. The van der Waals surface area contributed by atoms with Crippen molar-refractivity contribution in [1.82, 2.24) is 4.98 Å². The maximum Gasteiger partial charge on any atom is 0.305 e. The number of ether oxygens (including phenoxy) is 2. The lowest BCUT2D eigenvalue weighted by atomic mass is 10.2. The average Bonchev–Trinajstić information content (AvgIpc) is 2.43. The molecular formula is C14H19NO4. The number of hydrogen-bond acceptors (Lipinski definition) is 5. The Morgan fingerprint density at radius 1 is 1.32 bits per heavy atom. The standard InChI is InChI=1S/C14H19NO4/c1-2-18-14(17)6-4-3-5-9-19-13-8-7-12(11-16)15-10-13/h7-8,10-11H,2-6,9H2,1H3. The van der Waals surface area contributed by atoms with E-state index in [2.05, 4.69) is 4.98 Å². The number of aromatic nitrogens is 1. The molecule has 1 rings (SSSR count). The minimum absolute atomic E-state index is 0.142. The first kappa shape index (κ1) is 15.1. The van der Waals surface area contributed by atoms with Crippen LogP contribution in [-0.4, -0.2) is 30.5 Å². The van der Waals surface area contributed by atoms with Crippen LogP contribution in [0.1, 0.15) is 43.1 Å². The van der Waals surface area contributed by atoms with E-state index in [0.717, 1.165) is 19.3 Å². The first-order valence-corrected chi connectivity index (χ1v) is 6.46. The second-order valence-electron chi connectivity index (χ2n) is 4.00. The van der Waals surface area contributed by atoms with E-state index in [1.165, 1.54) is 6.20 Å². The van der Waals surface area contributed by atoms with Crippen LogP contribution in [0.15, 0.2) is 18.3 Å². The summed E-state index contributed by atoms with van der Waals surface area (Å²) in [5, 5.41) is 0. The summed E-state index contributed by atoms with van der Waals surface area (Å²) in [6, 6.07) is 3.33. The minimum atomic E-state index is -0.142. The molecule has 0 aliphatic rings. The Hall–Kier alpha value is -1.91. The monoisotopic (exact) mass is 265 g/mol. The smallest absolute Gasteiger partial charge is 0.305 e. The molecule has 0 aromatic carbocycles. The Balaban J connectivity index is 2.07. The van der Waals surface area contributed by atoms with Crippen molar-refractivity contribution in [2.75, 3.05) is 13.2 Å². The van der Waals surface area contributed by atoms with Crippen LogP contribution in [0.25, 0.3) is 0 Å². The Kier molecular flexibility index (Phi) is 7.24. The average molecular weight is 265 g/mol. The lowest BCUT2D eigenvalue weighted by Crippen LogP contribution is -2.04. The van der Waals surface area contributed by atoms with Gasteiger partial charge in [-0.25, -0.2) is 4.98 Å². The summed E-state index contributed by atoms with van der Waals surface area (Å²) in [4.78, 5) is 25.4. The van der Waals surface area contributed by atoms with Crippen LogP contribution in [0.4, 0.5) is 0 Å². The molecular weight excluding hydrogens is 246 g/mol. The van der Waals surface area contributed by atoms with Gasteiger partial charge in [0, 0.05) is 6.42 Å². The van der Waals surface area contributed by atoms with Crippen molar-refractivity contribution in [2.24, 2.45) is 0 Å². The predicted molar refractivity (Wildman–Crippen MR) is 70.2 cm³/mol. The van der Waals surface area contributed by atoms with E-state index in [9.17, 15) is 9.59 Å². The van der Waals surface area contributed by atoms with E-state index in [1.54, 1.807) is 19.1 Å². The Labute approximate surface area is 112 Å². The highest BCUT2D eigenvalue weighted by Crippen LogP contribution is 2.09. The Morgan fingerprint density at radius 3 is 2.79 bits per heavy atom. The van der Waals surface area contributed by atoms with Crippen LogP contribution in [0.3, 0.4) is 0 Å². The van der Waals surface area contributed by atoms with Gasteiger partial charge in [0.2, 0.25) is 0 Å². The number of esters is 1. The van der Waals surface area contributed by atoms with Crippen molar-refractivity contribution in [1.29, 1.82) is 0 Å². The summed E-state index contributed by atoms with van der Waals surface area (Å²) >= 11 is 0. The van der Waals surface area contributed by atoms with Crippen LogP contribution in [-0.2, 0) is 9.53 Å². The molecule has 0 amide bonds. The number of nitrogens with zero attached hydrogens (tertiary/aromatic N) is 1. The van der Waals surface area contributed by atoms with Crippen LogP contribution in [0, 0.1) is 0 Å². The van der Waals surface area contributed by atoms with E-state index >= 15 is 0 Å². The summed E-state index contributed by atoms with van der Waals surface area (Å²) in [6.07, 6.45) is 5.28. The molecule has 0 N–H and O–H groups in total. The van der Waals surface area contributed by atoms with Crippen LogP contribution in [0.2, 0.25) is 0 Å². The number of pyridine rings is 1. The maximum atomic E-state index is 11.1. The molecule has 1 heterocycles. The third-order valence-electron chi connectivity index (χ3n) is 2.48. The third kappa shape index (κ3) is 6.55. The van der Waals surface area contributed by atoms with E-state index in [1.807, 2.05) is 0 Å². The van der Waals surface area contributed by atoms with E-state index < -0.39 is 0 Å². The van der Waals surface area contributed by atoms with E-state index in [-0.39, 0.29) is 5.97 Å². The molecule has 1 aromatic heterocycles. The van der Waals surface area contributed by atoms with Gasteiger partial charge in [-0.15, -0.1) is 0 Å². The highest BCUT2D eigenvalue weighted by molar-refractivity contribution is 5.71. The van der Waals surface area contributed by atoms with Gasteiger partial charge >= 0.3 is 5.97 Å². The number of unbranched alkanes of at least 4 members (excludes halogenated alkanes) is 2. The molecule has 5 nitrogen and oxygen atoms in total. The van der Waals surface area contributed by atoms with E-state index in [0.29, 0.717) is 37.4 Å². The molecule has 0 radical (unpaired) electrons. The lowest BCUT2D eigenvalue weighted by Gasteiger charge is -2.05.